The molecule has 0 saturated carbocycles. The van der Waals surface area contributed by atoms with Crippen molar-refractivity contribution in [2.75, 3.05) is 19.3 Å². The molecular weight excluding hydrogens is 188 g/mol. The number of hydrogen-bond acceptors (Lipinski definition) is 2. The van der Waals surface area contributed by atoms with E-state index in [1.807, 2.05) is 0 Å². The van der Waals surface area contributed by atoms with Crippen molar-refractivity contribution in [1.82, 2.24) is 4.57 Å². The number of benzene rings is 1. The summed E-state index contributed by atoms with van der Waals surface area (Å²) in [4.78, 5) is 0. The molecular formula is C11H20N2Si. The minimum Gasteiger partial charge on any atom is -0.332 e. The van der Waals surface area contributed by atoms with E-state index in [9.17, 15) is 0 Å². The summed E-state index contributed by atoms with van der Waals surface area (Å²) in [5.41, 5.74) is 5.88. The summed E-state index contributed by atoms with van der Waals surface area (Å²) in [6.45, 7) is 6.64. The largest absolute Gasteiger partial charge is 0.332 e. The molecule has 1 rings (SSSR count). The van der Waals surface area contributed by atoms with E-state index in [0.717, 1.165) is 19.3 Å². The van der Waals surface area contributed by atoms with E-state index in [-0.39, 0.29) is 0 Å². The Morgan fingerprint density at radius 3 is 2.14 bits per heavy atom. The fourth-order valence-corrected chi connectivity index (χ4v) is 4.38. The van der Waals surface area contributed by atoms with Crippen molar-refractivity contribution < 1.29 is 0 Å². The van der Waals surface area contributed by atoms with Crippen molar-refractivity contribution in [3.8, 4) is 0 Å². The Morgan fingerprint density at radius 2 is 1.71 bits per heavy atom. The SMILES string of the molecule is CCN(CC)[SiH](CN)c1ccccc1. The van der Waals surface area contributed by atoms with Gasteiger partial charge in [0.1, 0.15) is 0 Å². The van der Waals surface area contributed by atoms with Crippen molar-refractivity contribution in [3.05, 3.63) is 30.3 Å². The highest BCUT2D eigenvalue weighted by molar-refractivity contribution is 6.70. The summed E-state index contributed by atoms with van der Waals surface area (Å²) in [6.07, 6.45) is 0.825. The lowest BCUT2D eigenvalue weighted by Crippen LogP contribution is -2.53. The van der Waals surface area contributed by atoms with Crippen LogP contribution in [-0.4, -0.2) is 32.8 Å². The fraction of sp³-hybridized carbons (Fsp3) is 0.455. The van der Waals surface area contributed by atoms with Gasteiger partial charge in [-0.25, -0.2) is 0 Å². The molecule has 0 aromatic heterocycles. The van der Waals surface area contributed by atoms with Crippen LogP contribution in [0.25, 0.3) is 0 Å². The molecule has 1 atom stereocenters. The Labute approximate surface area is 88.4 Å². The third-order valence-corrected chi connectivity index (χ3v) is 5.87. The summed E-state index contributed by atoms with van der Waals surface area (Å²) in [6, 6.07) is 10.7. The molecule has 0 bridgehead atoms. The molecule has 0 saturated heterocycles. The summed E-state index contributed by atoms with van der Waals surface area (Å²) in [5.74, 6) is 0. The molecule has 2 nitrogen and oxygen atoms in total. The highest BCUT2D eigenvalue weighted by Crippen LogP contribution is 1.95. The number of hydrogen-bond donors (Lipinski definition) is 1. The highest BCUT2D eigenvalue weighted by Gasteiger charge is 2.17. The lowest BCUT2D eigenvalue weighted by atomic mass is 10.4. The maximum absolute atomic E-state index is 5.88. The van der Waals surface area contributed by atoms with E-state index < -0.39 is 8.96 Å². The van der Waals surface area contributed by atoms with Crippen molar-refractivity contribution in [3.63, 3.8) is 0 Å². The number of rotatable bonds is 5. The summed E-state index contributed by atoms with van der Waals surface area (Å²) < 4.78 is 2.52. The summed E-state index contributed by atoms with van der Waals surface area (Å²) in [5, 5.41) is 1.46. The van der Waals surface area contributed by atoms with Gasteiger partial charge in [-0.1, -0.05) is 44.2 Å². The standard InChI is InChI=1S/C11H20N2Si/c1-3-13(4-2)14(10-12)11-8-6-5-7-9-11/h5-9,14H,3-4,10,12H2,1-2H3. The predicted molar refractivity (Wildman–Crippen MR) is 65.2 cm³/mol. The molecule has 3 heteroatoms. The molecule has 0 amide bonds. The predicted octanol–water partition coefficient (Wildman–Crippen LogP) is 0.457. The van der Waals surface area contributed by atoms with Gasteiger partial charge in [0.15, 0.2) is 8.96 Å². The third kappa shape index (κ3) is 2.67. The zero-order chi connectivity index (χ0) is 10.4. The number of nitrogens with zero attached hydrogens (tertiary/aromatic N) is 1. The molecule has 0 radical (unpaired) electrons. The smallest absolute Gasteiger partial charge is 0.157 e. The first-order valence-corrected chi connectivity index (χ1v) is 7.23. The maximum atomic E-state index is 5.88. The third-order valence-electron chi connectivity index (χ3n) is 2.66. The lowest BCUT2D eigenvalue weighted by Gasteiger charge is -2.27. The van der Waals surface area contributed by atoms with Gasteiger partial charge >= 0.3 is 0 Å². The Balaban J connectivity index is 2.81. The van der Waals surface area contributed by atoms with Crippen LogP contribution in [0.15, 0.2) is 30.3 Å². The van der Waals surface area contributed by atoms with Crippen LogP contribution in [-0.2, 0) is 0 Å². The van der Waals surface area contributed by atoms with Gasteiger partial charge in [0.25, 0.3) is 0 Å². The lowest BCUT2D eigenvalue weighted by molar-refractivity contribution is 0.484. The van der Waals surface area contributed by atoms with Gasteiger partial charge in [-0.2, -0.15) is 0 Å². The van der Waals surface area contributed by atoms with Crippen LogP contribution in [0.5, 0.6) is 0 Å². The Kier molecular flexibility index (Phi) is 4.86. The van der Waals surface area contributed by atoms with Gasteiger partial charge in [0, 0.05) is 6.17 Å². The normalized spacial score (nSPS) is 13.1. The van der Waals surface area contributed by atoms with Crippen LogP contribution in [0.2, 0.25) is 0 Å². The second kappa shape index (κ2) is 5.96. The van der Waals surface area contributed by atoms with Gasteiger partial charge in [0.2, 0.25) is 0 Å². The molecule has 2 N–H and O–H groups in total. The first-order valence-electron chi connectivity index (χ1n) is 5.32. The zero-order valence-electron chi connectivity index (χ0n) is 9.11. The van der Waals surface area contributed by atoms with Crippen molar-refractivity contribution in [2.45, 2.75) is 13.8 Å². The summed E-state index contributed by atoms with van der Waals surface area (Å²) in [7, 11) is -1.08. The molecule has 0 fully saturated rings. The summed E-state index contributed by atoms with van der Waals surface area (Å²) >= 11 is 0. The topological polar surface area (TPSA) is 29.3 Å². The van der Waals surface area contributed by atoms with E-state index in [1.165, 1.54) is 5.19 Å². The van der Waals surface area contributed by atoms with E-state index in [2.05, 4.69) is 48.7 Å². The van der Waals surface area contributed by atoms with Gasteiger partial charge < -0.3 is 10.3 Å². The molecule has 0 aliphatic rings. The van der Waals surface area contributed by atoms with Gasteiger partial charge in [-0.05, 0) is 18.3 Å². The quantitative estimate of drug-likeness (QED) is 0.712. The maximum Gasteiger partial charge on any atom is 0.157 e. The molecule has 0 heterocycles. The van der Waals surface area contributed by atoms with Crippen LogP contribution < -0.4 is 10.9 Å². The van der Waals surface area contributed by atoms with Crippen molar-refractivity contribution >= 4 is 14.1 Å². The van der Waals surface area contributed by atoms with Gasteiger partial charge in [-0.3, -0.25) is 0 Å². The molecule has 1 aromatic rings. The van der Waals surface area contributed by atoms with Gasteiger partial charge in [-0.15, -0.1) is 0 Å². The van der Waals surface area contributed by atoms with Gasteiger partial charge in [0.05, 0.1) is 0 Å². The minimum absolute atomic E-state index is 0.825. The monoisotopic (exact) mass is 208 g/mol. The zero-order valence-corrected chi connectivity index (χ0v) is 10.3. The van der Waals surface area contributed by atoms with Crippen LogP contribution in [0.3, 0.4) is 0 Å². The average molecular weight is 208 g/mol. The van der Waals surface area contributed by atoms with Crippen LogP contribution in [0.4, 0.5) is 0 Å². The van der Waals surface area contributed by atoms with E-state index >= 15 is 0 Å². The molecule has 0 aliphatic carbocycles. The molecule has 78 valence electrons. The van der Waals surface area contributed by atoms with E-state index in [4.69, 9.17) is 5.73 Å². The highest BCUT2D eigenvalue weighted by atomic mass is 28.3. The first-order chi connectivity index (χ1) is 6.83. The van der Waals surface area contributed by atoms with Crippen LogP contribution in [0.1, 0.15) is 13.8 Å². The Hall–Kier alpha value is -0.643. The second-order valence-corrected chi connectivity index (χ2v) is 6.28. The van der Waals surface area contributed by atoms with E-state index in [0.29, 0.717) is 0 Å². The van der Waals surface area contributed by atoms with Crippen molar-refractivity contribution in [2.24, 2.45) is 5.73 Å². The van der Waals surface area contributed by atoms with Crippen LogP contribution >= 0.6 is 0 Å². The Bertz CT molecular complexity index is 247. The molecule has 0 spiro atoms. The second-order valence-electron chi connectivity index (χ2n) is 3.38. The molecule has 14 heavy (non-hydrogen) atoms. The van der Waals surface area contributed by atoms with Crippen molar-refractivity contribution in [1.29, 1.82) is 0 Å². The number of nitrogens with two attached hydrogens (primary N) is 1. The molecule has 1 unspecified atom stereocenters. The fourth-order valence-electron chi connectivity index (χ4n) is 1.84. The molecule has 0 aliphatic heterocycles. The first kappa shape index (κ1) is 11.4. The average Bonchev–Trinajstić information content (AvgIpc) is 2.27. The molecule has 1 aromatic carbocycles. The van der Waals surface area contributed by atoms with Crippen LogP contribution in [0, 0.1) is 0 Å². The minimum atomic E-state index is -1.08. The van der Waals surface area contributed by atoms with E-state index in [1.54, 1.807) is 0 Å². The Morgan fingerprint density at radius 1 is 1.14 bits per heavy atom.